The minimum Gasteiger partial charge on any atom is -0.465 e. The molecule has 0 aliphatic heterocycles. The van der Waals surface area contributed by atoms with Crippen LogP contribution in [0.25, 0.3) is 12.2 Å². The fourth-order valence-corrected chi connectivity index (χ4v) is 2.01. The lowest BCUT2D eigenvalue weighted by atomic mass is 10.1. The summed E-state index contributed by atoms with van der Waals surface area (Å²) in [6, 6.07) is 16.0. The van der Waals surface area contributed by atoms with Gasteiger partial charge in [0, 0.05) is 6.42 Å². The molecule has 0 bridgehead atoms. The highest BCUT2D eigenvalue weighted by atomic mass is 16.7. The maximum atomic E-state index is 5.86. The number of hydrogen-bond acceptors (Lipinski definition) is 2. The highest BCUT2D eigenvalue weighted by Gasteiger charge is 2.08. The number of ether oxygens (including phenoxy) is 2. The maximum Gasteiger partial charge on any atom is 0.199 e. The molecule has 2 heteroatoms. The lowest BCUT2D eigenvalue weighted by Crippen LogP contribution is -2.19. The van der Waals surface area contributed by atoms with E-state index in [2.05, 4.69) is 13.2 Å². The van der Waals surface area contributed by atoms with Crippen molar-refractivity contribution in [3.8, 4) is 5.75 Å². The van der Waals surface area contributed by atoms with Crippen LogP contribution in [0.5, 0.6) is 5.75 Å². The van der Waals surface area contributed by atoms with Gasteiger partial charge in [0.25, 0.3) is 0 Å². The molecule has 0 aromatic heterocycles. The molecule has 0 N–H and O–H groups in total. The molecule has 0 spiro atoms. The SMILES string of the molecule is C=Cc1ccc(COC(CC)Oc2ccc(C=C)cc2)cc1. The van der Waals surface area contributed by atoms with Crippen LogP contribution in [0.2, 0.25) is 0 Å². The van der Waals surface area contributed by atoms with E-state index in [9.17, 15) is 0 Å². The Balaban J connectivity index is 1.90. The molecule has 0 radical (unpaired) electrons. The standard InChI is InChI=1S/C20H22O2/c1-4-16-7-9-18(10-8-16)15-21-20(6-3)22-19-13-11-17(5-2)12-14-19/h4-5,7-14,20H,1-2,6,15H2,3H3. The zero-order chi connectivity index (χ0) is 15.8. The Morgan fingerprint density at radius 2 is 1.45 bits per heavy atom. The van der Waals surface area contributed by atoms with Gasteiger partial charge in [-0.2, -0.15) is 0 Å². The Kier molecular flexibility index (Phi) is 5.99. The third kappa shape index (κ3) is 4.61. The first kappa shape index (κ1) is 16.1. The Morgan fingerprint density at radius 3 is 1.95 bits per heavy atom. The molecule has 0 fully saturated rings. The predicted molar refractivity (Wildman–Crippen MR) is 92.6 cm³/mol. The van der Waals surface area contributed by atoms with Crippen LogP contribution in [0.15, 0.2) is 61.7 Å². The van der Waals surface area contributed by atoms with E-state index in [0.29, 0.717) is 6.61 Å². The molecule has 22 heavy (non-hydrogen) atoms. The van der Waals surface area contributed by atoms with Gasteiger partial charge < -0.3 is 9.47 Å². The van der Waals surface area contributed by atoms with Crippen LogP contribution in [0.1, 0.15) is 30.0 Å². The van der Waals surface area contributed by atoms with Crippen molar-refractivity contribution < 1.29 is 9.47 Å². The van der Waals surface area contributed by atoms with Gasteiger partial charge in [-0.3, -0.25) is 0 Å². The molecule has 2 aromatic rings. The molecule has 0 saturated heterocycles. The summed E-state index contributed by atoms with van der Waals surface area (Å²) < 4.78 is 11.7. The second-order valence-corrected chi connectivity index (χ2v) is 4.99. The Morgan fingerprint density at radius 1 is 0.909 bits per heavy atom. The lowest BCUT2D eigenvalue weighted by Gasteiger charge is -2.18. The lowest BCUT2D eigenvalue weighted by molar-refractivity contribution is -0.0905. The monoisotopic (exact) mass is 294 g/mol. The van der Waals surface area contributed by atoms with E-state index in [1.807, 2.05) is 67.6 Å². The highest BCUT2D eigenvalue weighted by Crippen LogP contribution is 2.17. The Labute approximate surface area is 132 Å². The van der Waals surface area contributed by atoms with Crippen molar-refractivity contribution in [2.45, 2.75) is 26.2 Å². The third-order valence-electron chi connectivity index (χ3n) is 3.37. The summed E-state index contributed by atoms with van der Waals surface area (Å²) in [7, 11) is 0. The fourth-order valence-electron chi connectivity index (χ4n) is 2.01. The van der Waals surface area contributed by atoms with E-state index in [1.165, 1.54) is 0 Å². The van der Waals surface area contributed by atoms with Crippen molar-refractivity contribution in [2.75, 3.05) is 0 Å². The van der Waals surface area contributed by atoms with Crippen molar-refractivity contribution in [3.63, 3.8) is 0 Å². The molecule has 1 atom stereocenters. The number of rotatable bonds is 8. The van der Waals surface area contributed by atoms with Crippen LogP contribution >= 0.6 is 0 Å². The molecule has 2 rings (SSSR count). The van der Waals surface area contributed by atoms with Gasteiger partial charge in [0.15, 0.2) is 6.29 Å². The van der Waals surface area contributed by atoms with Crippen LogP contribution in [-0.4, -0.2) is 6.29 Å². The molecule has 0 aliphatic rings. The first-order valence-corrected chi connectivity index (χ1v) is 7.47. The van der Waals surface area contributed by atoms with Gasteiger partial charge in [0.05, 0.1) is 6.61 Å². The molecule has 2 nitrogen and oxygen atoms in total. The largest absolute Gasteiger partial charge is 0.465 e. The van der Waals surface area contributed by atoms with Crippen LogP contribution in [0.3, 0.4) is 0 Å². The summed E-state index contributed by atoms with van der Waals surface area (Å²) in [5.74, 6) is 0.805. The van der Waals surface area contributed by atoms with Gasteiger partial charge in [0.2, 0.25) is 0 Å². The zero-order valence-electron chi connectivity index (χ0n) is 13.0. The molecule has 1 unspecified atom stereocenters. The van der Waals surface area contributed by atoms with Crippen LogP contribution in [0.4, 0.5) is 0 Å². The highest BCUT2D eigenvalue weighted by molar-refractivity contribution is 5.48. The molecule has 0 saturated carbocycles. The predicted octanol–water partition coefficient (Wildman–Crippen LogP) is 5.30. The zero-order valence-corrected chi connectivity index (χ0v) is 13.0. The van der Waals surface area contributed by atoms with Gasteiger partial charge in [-0.05, 0) is 28.8 Å². The Hall–Kier alpha value is -2.32. The first-order chi connectivity index (χ1) is 10.7. The van der Waals surface area contributed by atoms with Gasteiger partial charge in [-0.25, -0.2) is 0 Å². The molecule has 0 heterocycles. The number of hydrogen-bond donors (Lipinski definition) is 0. The van der Waals surface area contributed by atoms with E-state index in [4.69, 9.17) is 9.47 Å². The fraction of sp³-hybridized carbons (Fsp3) is 0.200. The quantitative estimate of drug-likeness (QED) is 0.615. The summed E-state index contributed by atoms with van der Waals surface area (Å²) in [4.78, 5) is 0. The van der Waals surface area contributed by atoms with Crippen molar-refractivity contribution in [2.24, 2.45) is 0 Å². The second-order valence-electron chi connectivity index (χ2n) is 4.99. The van der Waals surface area contributed by atoms with Gasteiger partial charge in [0.1, 0.15) is 5.75 Å². The van der Waals surface area contributed by atoms with E-state index in [-0.39, 0.29) is 6.29 Å². The van der Waals surface area contributed by atoms with Crippen molar-refractivity contribution in [1.29, 1.82) is 0 Å². The van der Waals surface area contributed by atoms with Gasteiger partial charge >= 0.3 is 0 Å². The first-order valence-electron chi connectivity index (χ1n) is 7.47. The van der Waals surface area contributed by atoms with Crippen molar-refractivity contribution >= 4 is 12.2 Å². The number of benzene rings is 2. The van der Waals surface area contributed by atoms with Crippen LogP contribution in [0, 0.1) is 0 Å². The van der Waals surface area contributed by atoms with Crippen LogP contribution in [-0.2, 0) is 11.3 Å². The normalized spacial score (nSPS) is 11.7. The van der Waals surface area contributed by atoms with Gasteiger partial charge in [-0.15, -0.1) is 0 Å². The third-order valence-corrected chi connectivity index (χ3v) is 3.37. The summed E-state index contributed by atoms with van der Waals surface area (Å²) in [5.41, 5.74) is 3.30. The van der Waals surface area contributed by atoms with Crippen molar-refractivity contribution in [3.05, 3.63) is 78.4 Å². The average molecular weight is 294 g/mol. The molecule has 2 aromatic carbocycles. The topological polar surface area (TPSA) is 18.5 Å². The van der Waals surface area contributed by atoms with Crippen molar-refractivity contribution in [1.82, 2.24) is 0 Å². The Bertz CT molecular complexity index is 597. The molecule has 114 valence electrons. The summed E-state index contributed by atoms with van der Waals surface area (Å²) in [5, 5.41) is 0. The minimum atomic E-state index is -0.256. The van der Waals surface area contributed by atoms with Gasteiger partial charge in [-0.1, -0.05) is 68.6 Å². The van der Waals surface area contributed by atoms with E-state index < -0.39 is 0 Å². The van der Waals surface area contributed by atoms with E-state index in [0.717, 1.165) is 28.9 Å². The summed E-state index contributed by atoms with van der Waals surface area (Å²) >= 11 is 0. The minimum absolute atomic E-state index is 0.256. The van der Waals surface area contributed by atoms with E-state index in [1.54, 1.807) is 0 Å². The summed E-state index contributed by atoms with van der Waals surface area (Å²) in [6.07, 6.45) is 4.17. The second kappa shape index (κ2) is 8.20. The molecular weight excluding hydrogens is 272 g/mol. The molecular formula is C20H22O2. The molecule has 0 amide bonds. The average Bonchev–Trinajstić information content (AvgIpc) is 2.59. The molecule has 0 aliphatic carbocycles. The van der Waals surface area contributed by atoms with E-state index >= 15 is 0 Å². The maximum absolute atomic E-state index is 5.86. The summed E-state index contributed by atoms with van der Waals surface area (Å²) in [6.45, 7) is 10.1. The smallest absolute Gasteiger partial charge is 0.199 e. The van der Waals surface area contributed by atoms with Crippen LogP contribution < -0.4 is 4.74 Å².